The van der Waals surface area contributed by atoms with E-state index in [1.807, 2.05) is 19.0 Å². The van der Waals surface area contributed by atoms with Crippen molar-refractivity contribution in [2.24, 2.45) is 0 Å². The van der Waals surface area contributed by atoms with E-state index < -0.39 is 0 Å². The van der Waals surface area contributed by atoms with Crippen molar-refractivity contribution in [1.82, 2.24) is 20.1 Å². The number of rotatable bonds is 7. The van der Waals surface area contributed by atoms with Crippen molar-refractivity contribution in [2.45, 2.75) is 25.3 Å². The van der Waals surface area contributed by atoms with E-state index in [-0.39, 0.29) is 17.9 Å². The summed E-state index contributed by atoms with van der Waals surface area (Å²) in [4.78, 5) is 32.3. The van der Waals surface area contributed by atoms with Gasteiger partial charge < -0.3 is 15.1 Å². The first-order chi connectivity index (χ1) is 10.1. The van der Waals surface area contributed by atoms with Crippen LogP contribution in [-0.2, 0) is 4.79 Å². The highest BCUT2D eigenvalue weighted by molar-refractivity contribution is 7.11. The number of carbonyl (C=O) groups is 2. The van der Waals surface area contributed by atoms with Gasteiger partial charge in [0.2, 0.25) is 5.91 Å². The fraction of sp³-hybridized carbons (Fsp3) is 0.643. The molecule has 2 amide bonds. The predicted octanol–water partition coefficient (Wildman–Crippen LogP) is 0.816. The highest BCUT2D eigenvalue weighted by Gasteiger charge is 2.30. The molecule has 0 unspecified atom stereocenters. The molecule has 1 aliphatic heterocycles. The second-order valence-corrected chi connectivity index (χ2v) is 6.38. The van der Waals surface area contributed by atoms with Gasteiger partial charge in [0.05, 0.1) is 11.7 Å². The first-order valence-electron chi connectivity index (χ1n) is 7.19. The van der Waals surface area contributed by atoms with Crippen LogP contribution in [0.5, 0.6) is 0 Å². The van der Waals surface area contributed by atoms with Crippen LogP contribution in [0, 0.1) is 0 Å². The Morgan fingerprint density at radius 1 is 1.57 bits per heavy atom. The lowest BCUT2D eigenvalue weighted by atomic mass is 10.1. The summed E-state index contributed by atoms with van der Waals surface area (Å²) >= 11 is 1.33. The molecule has 21 heavy (non-hydrogen) atoms. The average molecular weight is 310 g/mol. The molecule has 1 saturated heterocycles. The summed E-state index contributed by atoms with van der Waals surface area (Å²) in [5.41, 5.74) is 1.65. The minimum Gasteiger partial charge on any atom is -0.351 e. The number of hydrogen-bond acceptors (Lipinski definition) is 5. The number of carbonyl (C=O) groups excluding carboxylic acids is 2. The molecule has 6 nitrogen and oxygen atoms in total. The molecule has 7 heteroatoms. The van der Waals surface area contributed by atoms with Crippen molar-refractivity contribution in [3.63, 3.8) is 0 Å². The maximum absolute atomic E-state index is 11.9. The topological polar surface area (TPSA) is 65.5 Å². The standard InChI is InChI=1S/C14H22N4O2S/c1-17(2)7-8-18-11(3-4-13(18)19)5-6-16-14(20)12-9-15-10-21-12/h9-11H,3-8H2,1-2H3,(H,16,20)/t11-/m0/s1. The molecule has 1 aromatic rings. The van der Waals surface area contributed by atoms with Crippen molar-refractivity contribution in [2.75, 3.05) is 33.7 Å². The van der Waals surface area contributed by atoms with Crippen molar-refractivity contribution in [3.8, 4) is 0 Å². The van der Waals surface area contributed by atoms with Gasteiger partial charge in [-0.1, -0.05) is 0 Å². The lowest BCUT2D eigenvalue weighted by Crippen LogP contribution is -2.39. The molecule has 0 spiro atoms. The van der Waals surface area contributed by atoms with Gasteiger partial charge in [0.1, 0.15) is 4.88 Å². The SMILES string of the molecule is CN(C)CCN1C(=O)CC[C@H]1CCNC(=O)c1cncs1. The normalized spacial score (nSPS) is 18.5. The smallest absolute Gasteiger partial charge is 0.262 e. The molecule has 1 atom stereocenters. The third kappa shape index (κ3) is 4.50. The van der Waals surface area contributed by atoms with Gasteiger partial charge in [0.25, 0.3) is 5.91 Å². The fourth-order valence-electron chi connectivity index (χ4n) is 2.48. The van der Waals surface area contributed by atoms with E-state index in [2.05, 4.69) is 15.2 Å². The van der Waals surface area contributed by atoms with Crippen molar-refractivity contribution in [1.29, 1.82) is 0 Å². The minimum atomic E-state index is -0.0818. The van der Waals surface area contributed by atoms with Crippen LogP contribution in [0.2, 0.25) is 0 Å². The Morgan fingerprint density at radius 2 is 2.38 bits per heavy atom. The van der Waals surface area contributed by atoms with E-state index in [4.69, 9.17) is 0 Å². The lowest BCUT2D eigenvalue weighted by Gasteiger charge is -2.26. The zero-order valence-electron chi connectivity index (χ0n) is 12.5. The lowest BCUT2D eigenvalue weighted by molar-refractivity contribution is -0.129. The molecule has 0 aromatic carbocycles. The van der Waals surface area contributed by atoms with Crippen molar-refractivity contribution in [3.05, 3.63) is 16.6 Å². The summed E-state index contributed by atoms with van der Waals surface area (Å²) < 4.78 is 0. The second-order valence-electron chi connectivity index (χ2n) is 5.49. The molecule has 2 rings (SSSR count). The number of likely N-dealkylation sites (tertiary alicyclic amines) is 1. The largest absolute Gasteiger partial charge is 0.351 e. The number of aromatic nitrogens is 1. The predicted molar refractivity (Wildman–Crippen MR) is 82.4 cm³/mol. The van der Waals surface area contributed by atoms with Crippen LogP contribution >= 0.6 is 11.3 Å². The van der Waals surface area contributed by atoms with E-state index >= 15 is 0 Å². The van der Waals surface area contributed by atoms with Gasteiger partial charge in [-0.3, -0.25) is 14.6 Å². The first-order valence-corrected chi connectivity index (χ1v) is 8.07. The average Bonchev–Trinajstić information content (AvgIpc) is 3.07. The Labute approximate surface area is 129 Å². The van der Waals surface area contributed by atoms with Crippen LogP contribution in [0.1, 0.15) is 28.9 Å². The zero-order chi connectivity index (χ0) is 15.2. The zero-order valence-corrected chi connectivity index (χ0v) is 13.4. The quantitative estimate of drug-likeness (QED) is 0.809. The van der Waals surface area contributed by atoms with Gasteiger partial charge in [-0.15, -0.1) is 11.3 Å². The van der Waals surface area contributed by atoms with Gasteiger partial charge in [-0.2, -0.15) is 0 Å². The number of thiazole rings is 1. The van der Waals surface area contributed by atoms with E-state index in [0.29, 0.717) is 17.8 Å². The Kier molecular flexibility index (Phi) is 5.69. The monoisotopic (exact) mass is 310 g/mol. The third-order valence-corrected chi connectivity index (χ3v) is 4.43. The highest BCUT2D eigenvalue weighted by Crippen LogP contribution is 2.20. The van der Waals surface area contributed by atoms with Crippen LogP contribution in [0.15, 0.2) is 11.7 Å². The van der Waals surface area contributed by atoms with Crippen molar-refractivity contribution >= 4 is 23.2 Å². The molecule has 0 radical (unpaired) electrons. The molecule has 1 aliphatic rings. The Morgan fingerprint density at radius 3 is 3.05 bits per heavy atom. The van der Waals surface area contributed by atoms with Gasteiger partial charge in [0, 0.05) is 32.1 Å². The maximum atomic E-state index is 11.9. The van der Waals surface area contributed by atoms with Gasteiger partial charge in [-0.05, 0) is 26.9 Å². The van der Waals surface area contributed by atoms with Gasteiger partial charge in [0.15, 0.2) is 0 Å². The number of likely N-dealkylation sites (N-methyl/N-ethyl adjacent to an activating group) is 1. The van der Waals surface area contributed by atoms with E-state index in [0.717, 1.165) is 25.9 Å². The second kappa shape index (κ2) is 7.51. The summed E-state index contributed by atoms with van der Waals surface area (Å²) in [6.45, 7) is 2.22. The number of nitrogens with one attached hydrogen (secondary N) is 1. The first kappa shape index (κ1) is 15.9. The molecule has 0 aliphatic carbocycles. The third-order valence-electron chi connectivity index (χ3n) is 3.66. The number of amides is 2. The molecule has 1 N–H and O–H groups in total. The number of nitrogens with zero attached hydrogens (tertiary/aromatic N) is 3. The molecule has 2 heterocycles. The Bertz CT molecular complexity index is 475. The van der Waals surface area contributed by atoms with Crippen molar-refractivity contribution < 1.29 is 9.59 Å². The van der Waals surface area contributed by atoms with Crippen LogP contribution in [-0.4, -0.2) is 66.4 Å². The summed E-state index contributed by atoms with van der Waals surface area (Å²) in [6.07, 6.45) is 3.90. The highest BCUT2D eigenvalue weighted by atomic mass is 32.1. The molecule has 1 fully saturated rings. The molecule has 0 bridgehead atoms. The number of hydrogen-bond donors (Lipinski definition) is 1. The molecule has 116 valence electrons. The maximum Gasteiger partial charge on any atom is 0.262 e. The van der Waals surface area contributed by atoms with Crippen LogP contribution in [0.3, 0.4) is 0 Å². The fourth-order valence-corrected chi connectivity index (χ4v) is 3.01. The molecule has 0 saturated carbocycles. The van der Waals surface area contributed by atoms with Crippen LogP contribution in [0.4, 0.5) is 0 Å². The Hall–Kier alpha value is -1.47. The molecular weight excluding hydrogens is 288 g/mol. The summed E-state index contributed by atoms with van der Waals surface area (Å²) in [7, 11) is 4.01. The summed E-state index contributed by atoms with van der Waals surface area (Å²) in [6, 6.07) is 0.249. The van der Waals surface area contributed by atoms with E-state index in [1.54, 1.807) is 11.7 Å². The molecular formula is C14H22N4O2S. The Balaban J connectivity index is 1.76. The van der Waals surface area contributed by atoms with E-state index in [9.17, 15) is 9.59 Å². The summed E-state index contributed by atoms with van der Waals surface area (Å²) in [5.74, 6) is 0.150. The van der Waals surface area contributed by atoms with Crippen LogP contribution in [0.25, 0.3) is 0 Å². The van der Waals surface area contributed by atoms with Gasteiger partial charge >= 0.3 is 0 Å². The minimum absolute atomic E-state index is 0.0818. The van der Waals surface area contributed by atoms with Crippen LogP contribution < -0.4 is 5.32 Å². The molecule has 1 aromatic heterocycles. The summed E-state index contributed by atoms with van der Waals surface area (Å²) in [5, 5.41) is 2.90. The van der Waals surface area contributed by atoms with Gasteiger partial charge in [-0.25, -0.2) is 0 Å². The van der Waals surface area contributed by atoms with E-state index in [1.165, 1.54) is 11.3 Å².